The Balaban J connectivity index is 0. The molecule has 0 amide bonds. The molecule has 0 radical (unpaired) electrons. The van der Waals surface area contributed by atoms with E-state index in [-0.39, 0.29) is 0 Å². The van der Waals surface area contributed by atoms with E-state index in [2.05, 4.69) is 0 Å². The molecule has 0 atom stereocenters. The second kappa shape index (κ2) is 2.30. The van der Waals surface area contributed by atoms with Crippen LogP contribution in [0.2, 0.25) is 0 Å². The molecule has 72 valence electrons. The summed E-state index contributed by atoms with van der Waals surface area (Å²) in [5.74, 6) is 0. The van der Waals surface area contributed by atoms with Gasteiger partial charge in [0, 0.05) is 4.91 Å². The maximum absolute atomic E-state index is 10.7. The van der Waals surface area contributed by atoms with E-state index in [1.165, 1.54) is 14.1 Å². The van der Waals surface area contributed by atoms with E-state index >= 15 is 0 Å². The molecule has 2 nitrogen and oxygen atoms in total. The molecule has 0 unspecified atom stereocenters. The zero-order chi connectivity index (χ0) is 9.99. The van der Waals surface area contributed by atoms with E-state index in [4.69, 9.17) is 0 Å². The first-order valence-electron chi connectivity index (χ1n) is 2.09. The third kappa shape index (κ3) is 3660. The Morgan fingerprint density at radius 2 is 0.909 bits per heavy atom. The number of nitroso groups, excluding NO2 is 1. The topological polar surface area (TPSA) is 20.1 Å². The van der Waals surface area contributed by atoms with Crippen LogP contribution in [0, 0.1) is 4.91 Å². The van der Waals surface area contributed by atoms with Crippen LogP contribution in [0.3, 0.4) is 0 Å². The molecule has 0 aliphatic carbocycles. The fraction of sp³-hybridized carbons (Fsp3) is 1.00. The van der Waals surface area contributed by atoms with Crippen LogP contribution in [-0.4, -0.2) is 18.9 Å². The zero-order valence-corrected chi connectivity index (χ0v) is 6.46. The number of hydrogen-bond acceptors (Lipinski definition) is 1. The van der Waals surface area contributed by atoms with E-state index in [0.29, 0.717) is 0 Å². The predicted octanol–water partition coefficient (Wildman–Crippen LogP) is 3.41. The van der Waals surface area contributed by atoms with Crippen molar-refractivity contribution in [2.24, 2.45) is 0 Å². The van der Waals surface area contributed by atoms with Crippen LogP contribution in [-0.2, 0) is 0 Å². The summed E-state index contributed by atoms with van der Waals surface area (Å²) in [5, 5.41) is 0. The van der Waals surface area contributed by atoms with E-state index in [0.717, 1.165) is 4.76 Å². The molecule has 0 N–H and O–H groups in total. The first-order valence-corrected chi connectivity index (χ1v) is 4.12. The fourth-order valence-corrected chi connectivity index (χ4v) is 0. The number of halogens is 6. The first-order chi connectivity index (χ1) is 4.18. The summed E-state index contributed by atoms with van der Waals surface area (Å²) >= 11 is 0. The van der Waals surface area contributed by atoms with Gasteiger partial charge in [0.1, 0.15) is 0 Å². The molecule has 0 heterocycles. The van der Waals surface area contributed by atoms with Crippen molar-refractivity contribution in [1.82, 2.24) is 0 Å². The molecule has 0 aliphatic rings. The van der Waals surface area contributed by atoms with Gasteiger partial charge in [-0.1, -0.05) is 0 Å². The zero-order valence-electron chi connectivity index (χ0n) is 5.57. The third-order valence-electron chi connectivity index (χ3n) is 0. The van der Waals surface area contributed by atoms with E-state index in [1.54, 1.807) is 0 Å². The number of rotatable bonds is 0. The van der Waals surface area contributed by atoms with Gasteiger partial charge in [0.25, 0.3) is 0 Å². The minimum atomic E-state index is -10.7. The van der Waals surface area contributed by atoms with Crippen molar-refractivity contribution < 1.29 is 29.9 Å². The van der Waals surface area contributed by atoms with E-state index < -0.39 is 7.81 Å². The van der Waals surface area contributed by atoms with Crippen LogP contribution in [0.5, 0.6) is 0 Å². The second-order valence-electron chi connectivity index (χ2n) is 1.77. The first kappa shape index (κ1) is 13.2. The summed E-state index contributed by atoms with van der Waals surface area (Å²) in [7, 11) is -7.77. The average Bonchev–Trinajstić information content (AvgIpc) is 1.11. The van der Waals surface area contributed by atoms with Crippen LogP contribution in [0.4, 0.5) is 25.2 Å². The molecule has 0 fully saturated rings. The third-order valence-corrected chi connectivity index (χ3v) is 0. The average molecular weight is 205 g/mol. The van der Waals surface area contributed by atoms with Gasteiger partial charge in [-0.15, -0.1) is 0 Å². The van der Waals surface area contributed by atoms with Gasteiger partial charge < -0.3 is 0 Å². The molecule has 0 saturated heterocycles. The van der Waals surface area contributed by atoms with Crippen molar-refractivity contribution in [3.8, 4) is 0 Å². The summed E-state index contributed by atoms with van der Waals surface area (Å²) in [6, 6.07) is 0. The van der Waals surface area contributed by atoms with Gasteiger partial charge in [0.05, 0.1) is 0 Å². The molecule has 0 bridgehead atoms. The van der Waals surface area contributed by atoms with Crippen LogP contribution >= 0.6 is 7.81 Å². The van der Waals surface area contributed by atoms with Gasteiger partial charge in [-0.3, -0.25) is 0 Å². The van der Waals surface area contributed by atoms with Crippen LogP contribution in [0.25, 0.3) is 0 Å². The maximum atomic E-state index is 9.87. The van der Waals surface area contributed by atoms with Gasteiger partial charge >= 0.3 is 33.0 Å². The standard InChI is InChI=1S/C2H6NO.F6P/c1-3(2)4;1-7(2,3,4,5)6/h1-2H3;/q+1;-1. The Bertz CT molecular complexity index is 138. The Labute approximate surface area is 58.0 Å². The molecule has 11 heavy (non-hydrogen) atoms. The molecule has 0 saturated carbocycles. The van der Waals surface area contributed by atoms with E-state index in [1.807, 2.05) is 0 Å². The summed E-state index contributed by atoms with van der Waals surface area (Å²) in [4.78, 5) is 9.36. The van der Waals surface area contributed by atoms with Crippen molar-refractivity contribution in [2.45, 2.75) is 0 Å². The normalized spacial score (nSPS) is 17.1. The molecular formula is C2H6F6NOP. The number of nitrogens with zero attached hydrogens (tertiary/aromatic N) is 1. The molecule has 0 rings (SSSR count). The summed E-state index contributed by atoms with van der Waals surface area (Å²) in [6.07, 6.45) is 0. The molecule has 0 aliphatic heterocycles. The summed E-state index contributed by atoms with van der Waals surface area (Å²) in [5.41, 5.74) is 0. The van der Waals surface area contributed by atoms with Gasteiger partial charge in [-0.25, -0.2) is 0 Å². The van der Waals surface area contributed by atoms with Crippen molar-refractivity contribution in [3.05, 3.63) is 4.91 Å². The Morgan fingerprint density at radius 3 is 0.909 bits per heavy atom. The van der Waals surface area contributed by atoms with Crippen molar-refractivity contribution >= 4 is 7.81 Å². The number of hydrogen-bond donors (Lipinski definition) is 0. The fourth-order valence-electron chi connectivity index (χ4n) is 0. The molecular weight excluding hydrogens is 199 g/mol. The van der Waals surface area contributed by atoms with Crippen LogP contribution in [0.15, 0.2) is 0 Å². The van der Waals surface area contributed by atoms with E-state index in [9.17, 15) is 30.1 Å². The van der Waals surface area contributed by atoms with Gasteiger partial charge in [0.2, 0.25) is 0 Å². The second-order valence-corrected chi connectivity index (χ2v) is 3.69. The van der Waals surface area contributed by atoms with Gasteiger partial charge in [-0.2, -0.15) is 0 Å². The predicted molar refractivity (Wildman–Crippen MR) is 29.0 cm³/mol. The van der Waals surface area contributed by atoms with Crippen molar-refractivity contribution in [1.29, 1.82) is 0 Å². The summed E-state index contributed by atoms with van der Waals surface area (Å²) < 4.78 is 59.9. The molecule has 0 aromatic rings. The van der Waals surface area contributed by atoms with Crippen LogP contribution < -0.4 is 0 Å². The van der Waals surface area contributed by atoms with Gasteiger partial charge in [0.15, 0.2) is 14.1 Å². The quantitative estimate of drug-likeness (QED) is 0.337. The van der Waals surface area contributed by atoms with Gasteiger partial charge in [-0.05, 0) is 4.76 Å². The molecule has 0 aromatic heterocycles. The monoisotopic (exact) mass is 205 g/mol. The van der Waals surface area contributed by atoms with Crippen molar-refractivity contribution in [2.75, 3.05) is 14.1 Å². The molecule has 0 spiro atoms. The molecule has 9 heteroatoms. The Morgan fingerprint density at radius 1 is 0.909 bits per heavy atom. The van der Waals surface area contributed by atoms with Crippen molar-refractivity contribution in [3.63, 3.8) is 0 Å². The minimum absolute atomic E-state index is 0.750. The SMILES string of the molecule is C[N+](C)=O.F[P-](F)(F)(F)(F)F. The summed E-state index contributed by atoms with van der Waals surface area (Å²) in [6.45, 7) is 0. The Kier molecular flexibility index (Phi) is 2.76. The molecule has 0 aromatic carbocycles. The Hall–Kier alpha value is -0.390. The van der Waals surface area contributed by atoms with Crippen LogP contribution in [0.1, 0.15) is 0 Å².